The van der Waals surface area contributed by atoms with Crippen LogP contribution in [0.15, 0.2) is 29.3 Å². The molecule has 0 spiro atoms. The van der Waals surface area contributed by atoms with Gasteiger partial charge in [-0.1, -0.05) is 11.3 Å². The summed E-state index contributed by atoms with van der Waals surface area (Å²) >= 11 is 1.36. The third-order valence-corrected chi connectivity index (χ3v) is 5.66. The fourth-order valence-corrected chi connectivity index (χ4v) is 4.32. The summed E-state index contributed by atoms with van der Waals surface area (Å²) in [5.41, 5.74) is 2.58. The van der Waals surface area contributed by atoms with E-state index in [-0.39, 0.29) is 17.9 Å². The van der Waals surface area contributed by atoms with Crippen LogP contribution in [-0.4, -0.2) is 46.0 Å². The minimum atomic E-state index is -0.371. The Balaban J connectivity index is 2.09. The lowest BCUT2D eigenvalue weighted by Gasteiger charge is -2.08. The van der Waals surface area contributed by atoms with Crippen LogP contribution in [0, 0.1) is 6.92 Å². The van der Waals surface area contributed by atoms with Crippen molar-refractivity contribution in [2.24, 2.45) is 4.99 Å². The van der Waals surface area contributed by atoms with Gasteiger partial charge in [0.15, 0.2) is 4.80 Å². The van der Waals surface area contributed by atoms with Crippen molar-refractivity contribution in [2.45, 2.75) is 47.2 Å². The molecule has 0 bridgehead atoms. The number of benzene rings is 1. The number of fused-ring (bicyclic) bond motifs is 1. The van der Waals surface area contributed by atoms with E-state index < -0.39 is 0 Å². The number of carbonyl (C=O) groups excluding carboxylic acids is 2. The number of amides is 1. The molecule has 8 nitrogen and oxygen atoms in total. The van der Waals surface area contributed by atoms with Gasteiger partial charge in [-0.15, -0.1) is 0 Å². The summed E-state index contributed by atoms with van der Waals surface area (Å²) < 4.78 is 15.1. The molecule has 0 N–H and O–H groups in total. The Hall–Kier alpha value is -2.78. The summed E-state index contributed by atoms with van der Waals surface area (Å²) in [5, 5.41) is 4.41. The van der Waals surface area contributed by atoms with Gasteiger partial charge >= 0.3 is 5.97 Å². The number of thiazole rings is 1. The third-order valence-electron chi connectivity index (χ3n) is 4.62. The molecule has 3 aromatic rings. The molecular weight excluding hydrogens is 416 g/mol. The Morgan fingerprint density at radius 2 is 1.97 bits per heavy atom. The Bertz CT molecular complexity index is 1160. The van der Waals surface area contributed by atoms with Gasteiger partial charge in [-0.25, -0.2) is 4.79 Å². The first-order chi connectivity index (χ1) is 14.8. The molecule has 0 aliphatic carbocycles. The number of esters is 1. The van der Waals surface area contributed by atoms with Gasteiger partial charge in [0.1, 0.15) is 5.69 Å². The predicted octanol–water partition coefficient (Wildman–Crippen LogP) is 3.74. The summed E-state index contributed by atoms with van der Waals surface area (Å²) in [6, 6.07) is 7.16. The minimum absolute atomic E-state index is 0.0440. The van der Waals surface area contributed by atoms with Gasteiger partial charge in [-0.2, -0.15) is 10.1 Å². The normalized spacial score (nSPS) is 12.1. The van der Waals surface area contributed by atoms with E-state index in [1.807, 2.05) is 38.3 Å². The molecular formula is C22H28N4O4S. The molecule has 0 saturated heterocycles. The smallest absolute Gasteiger partial charge is 0.338 e. The largest absolute Gasteiger partial charge is 0.462 e. The number of rotatable bonds is 8. The maximum Gasteiger partial charge on any atom is 0.338 e. The molecule has 0 unspecified atom stereocenters. The van der Waals surface area contributed by atoms with Crippen molar-refractivity contribution < 1.29 is 19.1 Å². The molecule has 1 amide bonds. The van der Waals surface area contributed by atoms with Crippen LogP contribution in [0.25, 0.3) is 10.2 Å². The van der Waals surface area contributed by atoms with Crippen molar-refractivity contribution >= 4 is 33.4 Å². The zero-order valence-electron chi connectivity index (χ0n) is 18.5. The molecule has 166 valence electrons. The molecule has 0 fully saturated rings. The highest BCUT2D eigenvalue weighted by molar-refractivity contribution is 7.16. The van der Waals surface area contributed by atoms with Gasteiger partial charge < -0.3 is 14.0 Å². The number of aromatic nitrogens is 3. The molecule has 3 rings (SSSR count). The van der Waals surface area contributed by atoms with Crippen molar-refractivity contribution in [1.82, 2.24) is 14.3 Å². The zero-order chi connectivity index (χ0) is 22.5. The van der Waals surface area contributed by atoms with E-state index in [4.69, 9.17) is 9.47 Å². The molecule has 31 heavy (non-hydrogen) atoms. The zero-order valence-corrected chi connectivity index (χ0v) is 19.4. The van der Waals surface area contributed by atoms with E-state index in [1.165, 1.54) is 11.3 Å². The summed E-state index contributed by atoms with van der Waals surface area (Å²) in [6.07, 6.45) is 0. The standard InChI is InChI=1S/C22H28N4O4S/c1-6-29-11-10-25-17-9-8-16(21(28)30-7-2)13-19(17)31-22(25)23-20(27)18-12-15(5)24-26(18)14(3)4/h8-9,12-14H,6-7,10-11H2,1-5H3. The first-order valence-electron chi connectivity index (χ1n) is 10.4. The number of ether oxygens (including phenoxy) is 2. The lowest BCUT2D eigenvalue weighted by Crippen LogP contribution is -2.21. The van der Waals surface area contributed by atoms with Gasteiger partial charge in [0.2, 0.25) is 0 Å². The van der Waals surface area contributed by atoms with E-state index in [9.17, 15) is 9.59 Å². The quantitative estimate of drug-likeness (QED) is 0.390. The molecule has 0 saturated carbocycles. The lowest BCUT2D eigenvalue weighted by molar-refractivity contribution is 0.0526. The highest BCUT2D eigenvalue weighted by Crippen LogP contribution is 2.20. The van der Waals surface area contributed by atoms with E-state index in [0.717, 1.165) is 15.9 Å². The van der Waals surface area contributed by atoms with Crippen LogP contribution in [0.5, 0.6) is 0 Å². The Labute approximate surface area is 185 Å². The van der Waals surface area contributed by atoms with Crippen LogP contribution < -0.4 is 4.80 Å². The number of hydrogen-bond acceptors (Lipinski definition) is 6. The predicted molar refractivity (Wildman–Crippen MR) is 120 cm³/mol. The van der Waals surface area contributed by atoms with Crippen LogP contribution in [0.3, 0.4) is 0 Å². The van der Waals surface area contributed by atoms with Crippen molar-refractivity contribution in [3.05, 3.63) is 46.0 Å². The van der Waals surface area contributed by atoms with E-state index in [1.54, 1.807) is 29.8 Å². The van der Waals surface area contributed by atoms with Gasteiger partial charge in [0.25, 0.3) is 5.91 Å². The fourth-order valence-electron chi connectivity index (χ4n) is 3.23. The topological polar surface area (TPSA) is 87.7 Å². The highest BCUT2D eigenvalue weighted by Gasteiger charge is 2.17. The number of aryl methyl sites for hydroxylation is 1. The summed E-state index contributed by atoms with van der Waals surface area (Å²) in [5.74, 6) is -0.721. The minimum Gasteiger partial charge on any atom is -0.462 e. The summed E-state index contributed by atoms with van der Waals surface area (Å²) in [6.45, 7) is 11.5. The van der Waals surface area contributed by atoms with Gasteiger partial charge in [0, 0.05) is 19.2 Å². The molecule has 0 atom stereocenters. The number of carbonyl (C=O) groups is 2. The maximum absolute atomic E-state index is 13.0. The van der Waals surface area contributed by atoms with E-state index >= 15 is 0 Å². The first kappa shape index (κ1) is 22.9. The maximum atomic E-state index is 13.0. The molecule has 0 radical (unpaired) electrons. The van der Waals surface area contributed by atoms with E-state index in [2.05, 4.69) is 10.1 Å². The fraction of sp³-hybridized carbons (Fsp3) is 0.455. The van der Waals surface area contributed by atoms with Crippen molar-refractivity contribution in [1.29, 1.82) is 0 Å². The molecule has 0 aliphatic rings. The first-order valence-corrected chi connectivity index (χ1v) is 11.2. The van der Waals surface area contributed by atoms with Crippen LogP contribution in [0.1, 0.15) is 60.3 Å². The van der Waals surface area contributed by atoms with Crippen LogP contribution in [0.4, 0.5) is 0 Å². The van der Waals surface area contributed by atoms with Crippen molar-refractivity contribution in [2.75, 3.05) is 19.8 Å². The van der Waals surface area contributed by atoms with Gasteiger partial charge in [-0.05, 0) is 58.9 Å². The molecule has 9 heteroatoms. The lowest BCUT2D eigenvalue weighted by atomic mass is 10.2. The molecule has 2 aromatic heterocycles. The average molecular weight is 445 g/mol. The van der Waals surface area contributed by atoms with Gasteiger partial charge in [-0.3, -0.25) is 9.48 Å². The summed E-state index contributed by atoms with van der Waals surface area (Å²) in [7, 11) is 0. The Morgan fingerprint density at radius 3 is 2.65 bits per heavy atom. The number of hydrogen-bond donors (Lipinski definition) is 0. The van der Waals surface area contributed by atoms with E-state index in [0.29, 0.717) is 42.4 Å². The summed E-state index contributed by atoms with van der Waals surface area (Å²) in [4.78, 5) is 30.1. The SMILES string of the molecule is CCOCCn1c(=NC(=O)c2cc(C)nn2C(C)C)sc2cc(C(=O)OCC)ccc21. The van der Waals surface area contributed by atoms with Crippen molar-refractivity contribution in [3.8, 4) is 0 Å². The van der Waals surface area contributed by atoms with Crippen LogP contribution in [0.2, 0.25) is 0 Å². The van der Waals surface area contributed by atoms with Crippen molar-refractivity contribution in [3.63, 3.8) is 0 Å². The molecule has 0 aliphatic heterocycles. The Kier molecular flexibility index (Phi) is 7.40. The average Bonchev–Trinajstić information content (AvgIpc) is 3.28. The van der Waals surface area contributed by atoms with Crippen LogP contribution in [-0.2, 0) is 16.0 Å². The van der Waals surface area contributed by atoms with Gasteiger partial charge in [0.05, 0.1) is 34.7 Å². The highest BCUT2D eigenvalue weighted by atomic mass is 32.1. The number of nitrogens with zero attached hydrogens (tertiary/aromatic N) is 4. The second-order valence-electron chi connectivity index (χ2n) is 7.26. The monoisotopic (exact) mass is 444 g/mol. The second kappa shape index (κ2) is 10.0. The molecule has 2 heterocycles. The molecule has 1 aromatic carbocycles. The second-order valence-corrected chi connectivity index (χ2v) is 8.27. The Morgan fingerprint density at radius 1 is 1.19 bits per heavy atom. The third kappa shape index (κ3) is 5.11. The van der Waals surface area contributed by atoms with Crippen LogP contribution >= 0.6 is 11.3 Å².